The summed E-state index contributed by atoms with van der Waals surface area (Å²) >= 11 is 1.66. The molecular weight excluding hydrogens is 274 g/mol. The predicted octanol–water partition coefficient (Wildman–Crippen LogP) is 3.12. The molecule has 0 saturated heterocycles. The zero-order valence-corrected chi connectivity index (χ0v) is 12.7. The van der Waals surface area contributed by atoms with E-state index in [1.807, 2.05) is 26.0 Å². The van der Waals surface area contributed by atoms with Gasteiger partial charge in [-0.2, -0.15) is 0 Å². The van der Waals surface area contributed by atoms with Gasteiger partial charge in [-0.1, -0.05) is 12.8 Å². The molecule has 1 aromatic heterocycles. The Morgan fingerprint density at radius 1 is 1.30 bits per heavy atom. The maximum absolute atomic E-state index is 12.3. The smallest absolute Gasteiger partial charge is 0.307 e. The molecule has 0 radical (unpaired) electrons. The van der Waals surface area contributed by atoms with Crippen LogP contribution in [0.2, 0.25) is 0 Å². The van der Waals surface area contributed by atoms with Crippen LogP contribution in [-0.4, -0.2) is 17.0 Å². The van der Waals surface area contributed by atoms with E-state index in [0.29, 0.717) is 12.8 Å². The Kier molecular flexibility index (Phi) is 4.81. The second-order valence-corrected chi connectivity index (χ2v) is 6.83. The maximum Gasteiger partial charge on any atom is 0.307 e. The van der Waals surface area contributed by atoms with Crippen LogP contribution in [0.15, 0.2) is 12.1 Å². The molecule has 1 aromatic rings. The number of thiophene rings is 1. The second-order valence-electron chi connectivity index (χ2n) is 5.51. The van der Waals surface area contributed by atoms with E-state index in [1.54, 1.807) is 11.3 Å². The van der Waals surface area contributed by atoms with E-state index in [2.05, 4.69) is 5.32 Å². The van der Waals surface area contributed by atoms with E-state index in [0.717, 1.165) is 17.7 Å². The largest absolute Gasteiger partial charge is 0.481 e. The number of carbonyl (C=O) groups is 2. The standard InChI is InChI=1S/C15H21NO3S/c1-9-7-8-13(20-9)10(2)16-14(17)11-5-3-4-6-12(11)15(18)19/h7-8,10-12H,3-6H2,1-2H3,(H,16,17)(H,18,19). The van der Waals surface area contributed by atoms with Crippen molar-refractivity contribution < 1.29 is 14.7 Å². The van der Waals surface area contributed by atoms with Crippen LogP contribution in [0.4, 0.5) is 0 Å². The van der Waals surface area contributed by atoms with Gasteiger partial charge in [-0.25, -0.2) is 0 Å². The van der Waals surface area contributed by atoms with Gasteiger partial charge in [0.25, 0.3) is 0 Å². The monoisotopic (exact) mass is 295 g/mol. The van der Waals surface area contributed by atoms with Gasteiger partial charge in [0, 0.05) is 9.75 Å². The third-order valence-electron chi connectivity index (χ3n) is 3.97. The van der Waals surface area contributed by atoms with Crippen LogP contribution in [0.3, 0.4) is 0 Å². The Morgan fingerprint density at radius 3 is 2.50 bits per heavy atom. The number of carboxylic acid groups (broad SMARTS) is 1. The molecule has 1 aliphatic rings. The van der Waals surface area contributed by atoms with Crippen LogP contribution in [-0.2, 0) is 9.59 Å². The van der Waals surface area contributed by atoms with E-state index in [1.165, 1.54) is 4.88 Å². The molecule has 3 unspecified atom stereocenters. The Bertz CT molecular complexity index is 497. The summed E-state index contributed by atoms with van der Waals surface area (Å²) in [5, 5.41) is 12.2. The third-order valence-corrected chi connectivity index (χ3v) is 5.15. The first-order chi connectivity index (χ1) is 9.49. The fourth-order valence-electron chi connectivity index (χ4n) is 2.82. The zero-order valence-electron chi connectivity index (χ0n) is 11.9. The molecule has 1 heterocycles. The molecule has 5 heteroatoms. The van der Waals surface area contributed by atoms with E-state index < -0.39 is 11.9 Å². The van der Waals surface area contributed by atoms with E-state index in [9.17, 15) is 14.7 Å². The quantitative estimate of drug-likeness (QED) is 0.897. The van der Waals surface area contributed by atoms with Crippen molar-refractivity contribution in [3.8, 4) is 0 Å². The summed E-state index contributed by atoms with van der Waals surface area (Å²) in [6.45, 7) is 3.98. The molecular formula is C15H21NO3S. The number of rotatable bonds is 4. The molecule has 0 spiro atoms. The summed E-state index contributed by atoms with van der Waals surface area (Å²) in [7, 11) is 0. The second kappa shape index (κ2) is 6.39. The van der Waals surface area contributed by atoms with Gasteiger partial charge in [-0.15, -0.1) is 11.3 Å². The van der Waals surface area contributed by atoms with Gasteiger partial charge in [0.1, 0.15) is 0 Å². The fourth-order valence-corrected chi connectivity index (χ4v) is 3.70. The minimum absolute atomic E-state index is 0.0578. The minimum Gasteiger partial charge on any atom is -0.481 e. The topological polar surface area (TPSA) is 66.4 Å². The first-order valence-corrected chi connectivity index (χ1v) is 7.90. The van der Waals surface area contributed by atoms with Crippen molar-refractivity contribution >= 4 is 23.2 Å². The summed E-state index contributed by atoms with van der Waals surface area (Å²) in [6.07, 6.45) is 3.13. The Hall–Kier alpha value is -1.36. The molecule has 1 amide bonds. The van der Waals surface area contributed by atoms with Crippen molar-refractivity contribution in [1.82, 2.24) is 5.32 Å². The lowest BCUT2D eigenvalue weighted by Crippen LogP contribution is -2.40. The van der Waals surface area contributed by atoms with Crippen molar-refractivity contribution in [3.63, 3.8) is 0 Å². The van der Waals surface area contributed by atoms with Gasteiger partial charge in [-0.05, 0) is 38.8 Å². The van der Waals surface area contributed by atoms with Crippen LogP contribution in [0.5, 0.6) is 0 Å². The third kappa shape index (κ3) is 3.39. The molecule has 0 aliphatic heterocycles. The van der Waals surface area contributed by atoms with Crippen LogP contribution in [0, 0.1) is 18.8 Å². The van der Waals surface area contributed by atoms with Crippen LogP contribution in [0.25, 0.3) is 0 Å². The SMILES string of the molecule is Cc1ccc(C(C)NC(=O)C2CCCCC2C(=O)O)s1. The molecule has 4 nitrogen and oxygen atoms in total. The van der Waals surface area contributed by atoms with Gasteiger partial charge >= 0.3 is 5.97 Å². The molecule has 0 aromatic carbocycles. The molecule has 1 fully saturated rings. The van der Waals surface area contributed by atoms with Crippen molar-refractivity contribution in [3.05, 3.63) is 21.9 Å². The Morgan fingerprint density at radius 2 is 1.95 bits per heavy atom. The van der Waals surface area contributed by atoms with E-state index in [4.69, 9.17) is 0 Å². The lowest BCUT2D eigenvalue weighted by Gasteiger charge is -2.28. The van der Waals surface area contributed by atoms with E-state index >= 15 is 0 Å². The van der Waals surface area contributed by atoms with Gasteiger partial charge in [0.05, 0.1) is 17.9 Å². The lowest BCUT2D eigenvalue weighted by molar-refractivity contribution is -0.149. The molecule has 0 bridgehead atoms. The number of hydrogen-bond donors (Lipinski definition) is 2. The number of aryl methyl sites for hydroxylation is 1. The minimum atomic E-state index is -0.843. The molecule has 1 aliphatic carbocycles. The number of amides is 1. The summed E-state index contributed by atoms with van der Waals surface area (Å²) in [5.41, 5.74) is 0. The molecule has 20 heavy (non-hydrogen) atoms. The maximum atomic E-state index is 12.3. The zero-order chi connectivity index (χ0) is 14.7. The predicted molar refractivity (Wildman–Crippen MR) is 78.7 cm³/mol. The van der Waals surface area contributed by atoms with E-state index in [-0.39, 0.29) is 17.9 Å². The van der Waals surface area contributed by atoms with Crippen molar-refractivity contribution in [2.24, 2.45) is 11.8 Å². The lowest BCUT2D eigenvalue weighted by atomic mass is 9.78. The number of carbonyl (C=O) groups excluding carboxylic acids is 1. The molecule has 3 atom stereocenters. The van der Waals surface area contributed by atoms with Crippen LogP contribution in [0.1, 0.15) is 48.4 Å². The highest BCUT2D eigenvalue weighted by atomic mass is 32.1. The van der Waals surface area contributed by atoms with Gasteiger partial charge in [-0.3, -0.25) is 9.59 Å². The number of carboxylic acids is 1. The van der Waals surface area contributed by atoms with Crippen molar-refractivity contribution in [2.45, 2.75) is 45.6 Å². The fraction of sp³-hybridized carbons (Fsp3) is 0.600. The summed E-state index contributed by atoms with van der Waals surface area (Å²) in [4.78, 5) is 25.9. The highest BCUT2D eigenvalue weighted by Gasteiger charge is 2.36. The normalized spacial score (nSPS) is 24.1. The molecule has 2 rings (SSSR count). The summed E-state index contributed by atoms with van der Waals surface area (Å²) < 4.78 is 0. The Balaban J connectivity index is 2.01. The Labute approximate surface area is 123 Å². The van der Waals surface area contributed by atoms with Gasteiger partial charge in [0.2, 0.25) is 5.91 Å². The van der Waals surface area contributed by atoms with Crippen molar-refractivity contribution in [1.29, 1.82) is 0 Å². The average Bonchev–Trinajstić information content (AvgIpc) is 2.85. The number of nitrogens with one attached hydrogen (secondary N) is 1. The van der Waals surface area contributed by atoms with Gasteiger partial charge < -0.3 is 10.4 Å². The highest BCUT2D eigenvalue weighted by molar-refractivity contribution is 7.12. The van der Waals surface area contributed by atoms with Gasteiger partial charge in [0.15, 0.2) is 0 Å². The molecule has 1 saturated carbocycles. The average molecular weight is 295 g/mol. The first kappa shape index (κ1) is 15.0. The van der Waals surface area contributed by atoms with Crippen molar-refractivity contribution in [2.75, 3.05) is 0 Å². The molecule has 2 N–H and O–H groups in total. The summed E-state index contributed by atoms with van der Waals surface area (Å²) in [5.74, 6) is -1.87. The number of hydrogen-bond acceptors (Lipinski definition) is 3. The first-order valence-electron chi connectivity index (χ1n) is 7.08. The molecule has 110 valence electrons. The van der Waals surface area contributed by atoms with Crippen LogP contribution < -0.4 is 5.32 Å². The van der Waals surface area contributed by atoms with Crippen LogP contribution >= 0.6 is 11.3 Å². The number of aliphatic carboxylic acids is 1. The highest BCUT2D eigenvalue weighted by Crippen LogP contribution is 2.31. The summed E-state index contributed by atoms with van der Waals surface area (Å²) in [6, 6.07) is 3.99.